The summed E-state index contributed by atoms with van der Waals surface area (Å²) in [5.74, 6) is 0.280. The number of rotatable bonds is 7. The Bertz CT molecular complexity index is 1000. The monoisotopic (exact) mass is 440 g/mol. The molecule has 6 heteroatoms. The predicted molar refractivity (Wildman–Crippen MR) is 116 cm³/mol. The molecule has 2 amide bonds. The van der Waals surface area contributed by atoms with E-state index in [4.69, 9.17) is 4.74 Å². The van der Waals surface area contributed by atoms with Gasteiger partial charge in [0.25, 0.3) is 5.91 Å². The number of carbonyl (C=O) groups excluding carboxylic acids is 2. The second-order valence-corrected chi connectivity index (χ2v) is 7.11. The highest BCUT2D eigenvalue weighted by Gasteiger charge is 2.09. The number of benzene rings is 3. The first-order valence-electron chi connectivity index (χ1n) is 9.06. The van der Waals surface area contributed by atoms with Gasteiger partial charge in [-0.1, -0.05) is 43.3 Å². The number of hydrogen-bond donors (Lipinski definition) is 2. The zero-order chi connectivity index (χ0) is 19.9. The molecule has 0 aliphatic heterocycles. The molecular weight excluding hydrogens is 420 g/mol. The van der Waals surface area contributed by atoms with Gasteiger partial charge in [-0.2, -0.15) is 0 Å². The van der Waals surface area contributed by atoms with Crippen molar-refractivity contribution in [3.63, 3.8) is 0 Å². The molecule has 0 heterocycles. The molecule has 0 saturated heterocycles. The van der Waals surface area contributed by atoms with Gasteiger partial charge >= 0.3 is 0 Å². The summed E-state index contributed by atoms with van der Waals surface area (Å²) in [6, 6.07) is 18.8. The zero-order valence-corrected chi connectivity index (χ0v) is 17.1. The van der Waals surface area contributed by atoms with Gasteiger partial charge in [-0.25, -0.2) is 0 Å². The van der Waals surface area contributed by atoms with Gasteiger partial charge < -0.3 is 15.4 Å². The summed E-state index contributed by atoms with van der Waals surface area (Å²) < 4.78 is 6.50. The van der Waals surface area contributed by atoms with E-state index in [0.29, 0.717) is 23.5 Å². The van der Waals surface area contributed by atoms with Gasteiger partial charge in [0.15, 0.2) is 6.61 Å². The van der Waals surface area contributed by atoms with Gasteiger partial charge in [0.1, 0.15) is 5.75 Å². The lowest BCUT2D eigenvalue weighted by atomic mass is 10.1. The van der Waals surface area contributed by atoms with E-state index in [-0.39, 0.29) is 18.4 Å². The van der Waals surface area contributed by atoms with Crippen molar-refractivity contribution < 1.29 is 14.3 Å². The third-order valence-electron chi connectivity index (χ3n) is 4.09. The fourth-order valence-corrected chi connectivity index (χ4v) is 3.40. The largest absolute Gasteiger partial charge is 0.483 e. The maximum atomic E-state index is 12.3. The van der Waals surface area contributed by atoms with Gasteiger partial charge in [-0.3, -0.25) is 9.59 Å². The van der Waals surface area contributed by atoms with Crippen LogP contribution < -0.4 is 15.4 Å². The number of hydrogen-bond acceptors (Lipinski definition) is 3. The Balaban J connectivity index is 1.60. The van der Waals surface area contributed by atoms with E-state index in [9.17, 15) is 9.59 Å². The summed E-state index contributed by atoms with van der Waals surface area (Å²) in [4.78, 5) is 24.0. The molecule has 0 spiro atoms. The van der Waals surface area contributed by atoms with Crippen LogP contribution in [0.25, 0.3) is 10.8 Å². The van der Waals surface area contributed by atoms with Crippen molar-refractivity contribution in [3.8, 4) is 5.75 Å². The van der Waals surface area contributed by atoms with Crippen LogP contribution in [0, 0.1) is 0 Å². The molecule has 3 rings (SSSR count). The number of nitrogens with one attached hydrogen (secondary N) is 2. The Morgan fingerprint density at radius 3 is 2.39 bits per heavy atom. The lowest BCUT2D eigenvalue weighted by Crippen LogP contribution is -2.20. The molecular formula is C22H21BrN2O3. The van der Waals surface area contributed by atoms with Crippen LogP contribution in [0.15, 0.2) is 65.1 Å². The Labute approximate surface area is 172 Å². The molecule has 28 heavy (non-hydrogen) atoms. The van der Waals surface area contributed by atoms with Crippen LogP contribution in [-0.4, -0.2) is 18.4 Å². The summed E-state index contributed by atoms with van der Waals surface area (Å²) >= 11 is 3.55. The smallest absolute Gasteiger partial charge is 0.262 e. The molecule has 5 nitrogen and oxygen atoms in total. The van der Waals surface area contributed by atoms with E-state index in [1.165, 1.54) is 0 Å². The van der Waals surface area contributed by atoms with Crippen molar-refractivity contribution >= 4 is 49.9 Å². The van der Waals surface area contributed by atoms with Gasteiger partial charge in [0, 0.05) is 17.8 Å². The summed E-state index contributed by atoms with van der Waals surface area (Å²) in [7, 11) is 0. The number of carbonyl (C=O) groups is 2. The molecule has 0 fully saturated rings. The van der Waals surface area contributed by atoms with E-state index in [1.807, 2.05) is 43.3 Å². The quantitative estimate of drug-likeness (QED) is 0.519. The highest BCUT2D eigenvalue weighted by Crippen LogP contribution is 2.33. The standard InChI is InChI=1S/C22H21BrN2O3/c1-2-6-20(26)24-16-8-5-9-17(13-16)25-21(27)14-28-19-12-11-15-7-3-4-10-18(15)22(19)23/h3-5,7-13H,2,6,14H2,1H3,(H,24,26)(H,25,27). The minimum absolute atomic E-state index is 0.0459. The summed E-state index contributed by atoms with van der Waals surface area (Å²) in [6.07, 6.45) is 1.25. The van der Waals surface area contributed by atoms with E-state index in [1.54, 1.807) is 24.3 Å². The highest BCUT2D eigenvalue weighted by atomic mass is 79.9. The second kappa shape index (κ2) is 9.37. The molecule has 0 saturated carbocycles. The molecule has 0 radical (unpaired) electrons. The average Bonchev–Trinajstić information content (AvgIpc) is 2.68. The molecule has 0 aromatic heterocycles. The normalized spacial score (nSPS) is 10.5. The first-order chi connectivity index (χ1) is 13.6. The summed E-state index contributed by atoms with van der Waals surface area (Å²) in [6.45, 7) is 1.83. The van der Waals surface area contributed by atoms with Crippen LogP contribution in [-0.2, 0) is 9.59 Å². The van der Waals surface area contributed by atoms with Crippen molar-refractivity contribution in [3.05, 3.63) is 65.1 Å². The predicted octanol–water partition coefficient (Wildman–Crippen LogP) is 5.36. The van der Waals surface area contributed by atoms with Crippen LogP contribution >= 0.6 is 15.9 Å². The number of ether oxygens (including phenoxy) is 1. The Hall–Kier alpha value is -2.86. The van der Waals surface area contributed by atoms with Crippen molar-refractivity contribution in [1.29, 1.82) is 0 Å². The van der Waals surface area contributed by atoms with Gasteiger partial charge in [0.05, 0.1) is 4.47 Å². The third-order valence-corrected chi connectivity index (χ3v) is 4.91. The number of amides is 2. The molecule has 0 bridgehead atoms. The van der Waals surface area contributed by atoms with Crippen molar-refractivity contribution in [2.45, 2.75) is 19.8 Å². The van der Waals surface area contributed by atoms with E-state index in [2.05, 4.69) is 26.6 Å². The molecule has 0 unspecified atom stereocenters. The maximum Gasteiger partial charge on any atom is 0.262 e. The number of fused-ring (bicyclic) bond motifs is 1. The third kappa shape index (κ3) is 5.10. The Kier molecular flexibility index (Phi) is 6.66. The molecule has 0 aliphatic rings. The molecule has 0 aliphatic carbocycles. The lowest BCUT2D eigenvalue weighted by Gasteiger charge is -2.11. The van der Waals surface area contributed by atoms with Gasteiger partial charge in [-0.15, -0.1) is 0 Å². The van der Waals surface area contributed by atoms with Gasteiger partial charge in [0.2, 0.25) is 5.91 Å². The maximum absolute atomic E-state index is 12.3. The van der Waals surface area contributed by atoms with Crippen molar-refractivity contribution in [2.75, 3.05) is 17.2 Å². The van der Waals surface area contributed by atoms with Crippen molar-refractivity contribution in [1.82, 2.24) is 0 Å². The molecule has 0 atom stereocenters. The van der Waals surface area contributed by atoms with Crippen LogP contribution in [0.4, 0.5) is 11.4 Å². The number of anilines is 2. The van der Waals surface area contributed by atoms with E-state index in [0.717, 1.165) is 21.7 Å². The first-order valence-corrected chi connectivity index (χ1v) is 9.86. The molecule has 3 aromatic rings. The SMILES string of the molecule is CCCC(=O)Nc1cccc(NC(=O)COc2ccc3ccccc3c2Br)c1. The van der Waals surface area contributed by atoms with Crippen LogP contribution in [0.2, 0.25) is 0 Å². The van der Waals surface area contributed by atoms with Gasteiger partial charge in [-0.05, 0) is 57.4 Å². The fraction of sp³-hybridized carbons (Fsp3) is 0.182. The molecule has 144 valence electrons. The zero-order valence-electron chi connectivity index (χ0n) is 15.5. The average molecular weight is 441 g/mol. The topological polar surface area (TPSA) is 67.4 Å². The Morgan fingerprint density at radius 1 is 0.929 bits per heavy atom. The van der Waals surface area contributed by atoms with Crippen LogP contribution in [0.5, 0.6) is 5.75 Å². The van der Waals surface area contributed by atoms with Crippen LogP contribution in [0.3, 0.4) is 0 Å². The fourth-order valence-electron chi connectivity index (χ4n) is 2.79. The minimum atomic E-state index is -0.280. The highest BCUT2D eigenvalue weighted by molar-refractivity contribution is 9.10. The molecule has 2 N–H and O–H groups in total. The summed E-state index contributed by atoms with van der Waals surface area (Å²) in [5.41, 5.74) is 1.25. The van der Waals surface area contributed by atoms with E-state index >= 15 is 0 Å². The Morgan fingerprint density at radius 2 is 1.64 bits per heavy atom. The van der Waals surface area contributed by atoms with E-state index < -0.39 is 0 Å². The lowest BCUT2D eigenvalue weighted by molar-refractivity contribution is -0.118. The van der Waals surface area contributed by atoms with Crippen molar-refractivity contribution in [2.24, 2.45) is 0 Å². The molecule has 3 aromatic carbocycles. The minimum Gasteiger partial charge on any atom is -0.483 e. The first kappa shape index (κ1) is 19.9. The second-order valence-electron chi connectivity index (χ2n) is 6.31. The number of halogens is 1. The van der Waals surface area contributed by atoms with Crippen LogP contribution in [0.1, 0.15) is 19.8 Å². The summed E-state index contributed by atoms with van der Waals surface area (Å²) in [5, 5.41) is 7.71.